The molecule has 2 rings (SSSR count). The van der Waals surface area contributed by atoms with Crippen LogP contribution in [0.15, 0.2) is 30.5 Å². The van der Waals surface area contributed by atoms with E-state index in [1.807, 2.05) is 24.3 Å². The van der Waals surface area contributed by atoms with Crippen LogP contribution >= 0.6 is 0 Å². The molecule has 0 aliphatic heterocycles. The van der Waals surface area contributed by atoms with Crippen molar-refractivity contribution in [3.8, 4) is 0 Å². The third kappa shape index (κ3) is 2.68. The monoisotopic (exact) mass is 245 g/mol. The van der Waals surface area contributed by atoms with Crippen molar-refractivity contribution in [1.29, 1.82) is 0 Å². The number of hydrogen-bond acceptors (Lipinski definition) is 2. The van der Waals surface area contributed by atoms with E-state index >= 15 is 0 Å². The molecule has 3 N–H and O–H groups in total. The van der Waals surface area contributed by atoms with Crippen LogP contribution in [0.4, 0.5) is 0 Å². The zero-order valence-electron chi connectivity index (χ0n) is 10.1. The van der Waals surface area contributed by atoms with Gasteiger partial charge < -0.3 is 15.6 Å². The maximum absolute atomic E-state index is 11.9. The van der Waals surface area contributed by atoms with Crippen LogP contribution in [0.25, 0.3) is 10.9 Å². The Morgan fingerprint density at radius 3 is 2.67 bits per heavy atom. The number of H-pyrrole nitrogens is 1. The average Bonchev–Trinajstić information content (AvgIpc) is 2.78. The molecule has 0 saturated heterocycles. The lowest BCUT2D eigenvalue weighted by Crippen LogP contribution is -2.33. The summed E-state index contributed by atoms with van der Waals surface area (Å²) in [7, 11) is 0. The zero-order chi connectivity index (χ0) is 13.0. The summed E-state index contributed by atoms with van der Waals surface area (Å²) < 4.78 is 0. The first-order valence-electron chi connectivity index (χ1n) is 5.77. The Morgan fingerprint density at radius 2 is 1.89 bits per heavy atom. The van der Waals surface area contributed by atoms with Crippen LogP contribution in [-0.2, 0) is 4.79 Å². The molecule has 2 aromatic rings. The maximum atomic E-state index is 11.9. The van der Waals surface area contributed by atoms with Crippen molar-refractivity contribution >= 4 is 22.7 Å². The van der Waals surface area contributed by atoms with Gasteiger partial charge in [-0.2, -0.15) is 0 Å². The van der Waals surface area contributed by atoms with Crippen LogP contribution in [0.2, 0.25) is 0 Å². The highest BCUT2D eigenvalue weighted by molar-refractivity contribution is 6.06. The minimum atomic E-state index is -0.141. The first-order chi connectivity index (χ1) is 8.68. The van der Waals surface area contributed by atoms with Gasteiger partial charge in [-0.3, -0.25) is 9.59 Å². The Kier molecular flexibility index (Phi) is 3.62. The molecule has 18 heavy (non-hydrogen) atoms. The third-order valence-electron chi connectivity index (χ3n) is 2.62. The number of aromatic nitrogens is 1. The van der Waals surface area contributed by atoms with Crippen LogP contribution < -0.4 is 10.6 Å². The molecule has 0 aliphatic rings. The predicted octanol–water partition coefficient (Wildman–Crippen LogP) is 1.03. The number of carbonyl (C=O) groups excluding carboxylic acids is 2. The fourth-order valence-electron chi connectivity index (χ4n) is 1.77. The fraction of sp³-hybridized carbons (Fsp3) is 0.231. The smallest absolute Gasteiger partial charge is 0.253 e. The van der Waals surface area contributed by atoms with E-state index in [1.165, 1.54) is 6.92 Å². The summed E-state index contributed by atoms with van der Waals surface area (Å²) in [5, 5.41) is 6.28. The van der Waals surface area contributed by atoms with Crippen molar-refractivity contribution in [3.63, 3.8) is 0 Å². The van der Waals surface area contributed by atoms with E-state index in [0.29, 0.717) is 18.7 Å². The average molecular weight is 245 g/mol. The van der Waals surface area contributed by atoms with E-state index in [4.69, 9.17) is 0 Å². The van der Waals surface area contributed by atoms with Crippen molar-refractivity contribution in [2.75, 3.05) is 13.1 Å². The fourth-order valence-corrected chi connectivity index (χ4v) is 1.77. The molecule has 0 unspecified atom stereocenters. The summed E-state index contributed by atoms with van der Waals surface area (Å²) in [4.78, 5) is 25.6. The van der Waals surface area contributed by atoms with Gasteiger partial charge in [0.05, 0.1) is 5.56 Å². The van der Waals surface area contributed by atoms with E-state index < -0.39 is 0 Å². The highest BCUT2D eigenvalue weighted by Crippen LogP contribution is 2.17. The van der Waals surface area contributed by atoms with Gasteiger partial charge in [-0.05, 0) is 6.07 Å². The first kappa shape index (κ1) is 12.2. The second-order valence-electron chi connectivity index (χ2n) is 3.99. The van der Waals surface area contributed by atoms with Crippen molar-refractivity contribution < 1.29 is 9.59 Å². The number of carbonyl (C=O) groups is 2. The van der Waals surface area contributed by atoms with Gasteiger partial charge in [0.25, 0.3) is 5.91 Å². The summed E-state index contributed by atoms with van der Waals surface area (Å²) in [5.74, 6) is -0.242. The Balaban J connectivity index is 1.99. The highest BCUT2D eigenvalue weighted by Gasteiger charge is 2.10. The molecule has 0 fully saturated rings. The molecule has 2 amide bonds. The predicted molar refractivity (Wildman–Crippen MR) is 69.3 cm³/mol. The zero-order valence-corrected chi connectivity index (χ0v) is 10.1. The largest absolute Gasteiger partial charge is 0.360 e. The molecular weight excluding hydrogens is 230 g/mol. The molecule has 5 heteroatoms. The van der Waals surface area contributed by atoms with Gasteiger partial charge >= 0.3 is 0 Å². The molecule has 0 spiro atoms. The van der Waals surface area contributed by atoms with E-state index in [-0.39, 0.29) is 11.8 Å². The molecule has 94 valence electrons. The Hall–Kier alpha value is -2.30. The van der Waals surface area contributed by atoms with Crippen LogP contribution in [0.1, 0.15) is 17.3 Å². The quantitative estimate of drug-likeness (QED) is 0.704. The van der Waals surface area contributed by atoms with Gasteiger partial charge in [0, 0.05) is 37.1 Å². The number of amides is 2. The van der Waals surface area contributed by atoms with Gasteiger partial charge in [0.15, 0.2) is 0 Å². The van der Waals surface area contributed by atoms with E-state index in [0.717, 1.165) is 10.9 Å². The number of fused-ring (bicyclic) bond motifs is 1. The molecule has 0 radical (unpaired) electrons. The van der Waals surface area contributed by atoms with Gasteiger partial charge in [0.1, 0.15) is 0 Å². The Bertz CT molecular complexity index is 574. The lowest BCUT2D eigenvalue weighted by molar-refractivity contribution is -0.118. The molecule has 0 bridgehead atoms. The Morgan fingerprint density at radius 1 is 1.17 bits per heavy atom. The molecule has 0 aliphatic carbocycles. The SMILES string of the molecule is CC(=O)NCCNC(=O)c1c[nH]c2ccccc12. The summed E-state index contributed by atoms with van der Waals surface area (Å²) >= 11 is 0. The number of nitrogens with one attached hydrogen (secondary N) is 3. The van der Waals surface area contributed by atoms with E-state index in [1.54, 1.807) is 6.20 Å². The van der Waals surface area contributed by atoms with Crippen LogP contribution in [-0.4, -0.2) is 29.9 Å². The number of rotatable bonds is 4. The van der Waals surface area contributed by atoms with Crippen molar-refractivity contribution in [2.24, 2.45) is 0 Å². The maximum Gasteiger partial charge on any atom is 0.253 e. The number of hydrogen-bond donors (Lipinski definition) is 3. The van der Waals surface area contributed by atoms with Gasteiger partial charge in [0.2, 0.25) is 5.91 Å². The van der Waals surface area contributed by atoms with Gasteiger partial charge in [-0.15, -0.1) is 0 Å². The molecular formula is C13H15N3O2. The summed E-state index contributed by atoms with van der Waals surface area (Å²) in [6.07, 6.45) is 1.69. The molecule has 1 aromatic carbocycles. The molecule has 0 saturated carbocycles. The van der Waals surface area contributed by atoms with Crippen molar-refractivity contribution in [1.82, 2.24) is 15.6 Å². The first-order valence-corrected chi connectivity index (χ1v) is 5.77. The summed E-state index contributed by atoms with van der Waals surface area (Å²) in [6, 6.07) is 7.62. The molecule has 5 nitrogen and oxygen atoms in total. The second-order valence-corrected chi connectivity index (χ2v) is 3.99. The summed E-state index contributed by atoms with van der Waals surface area (Å²) in [6.45, 7) is 2.29. The minimum Gasteiger partial charge on any atom is -0.360 e. The van der Waals surface area contributed by atoms with Gasteiger partial charge in [-0.1, -0.05) is 18.2 Å². The number of aromatic amines is 1. The highest BCUT2D eigenvalue weighted by atomic mass is 16.2. The summed E-state index contributed by atoms with van der Waals surface area (Å²) in [5.41, 5.74) is 1.55. The lowest BCUT2D eigenvalue weighted by atomic mass is 10.1. The van der Waals surface area contributed by atoms with Crippen molar-refractivity contribution in [3.05, 3.63) is 36.0 Å². The molecule has 0 atom stereocenters. The third-order valence-corrected chi connectivity index (χ3v) is 2.62. The van der Waals surface area contributed by atoms with E-state index in [2.05, 4.69) is 15.6 Å². The Labute approximate surface area is 105 Å². The van der Waals surface area contributed by atoms with Crippen LogP contribution in [0.3, 0.4) is 0 Å². The lowest BCUT2D eigenvalue weighted by Gasteiger charge is -2.04. The van der Waals surface area contributed by atoms with Gasteiger partial charge in [-0.25, -0.2) is 0 Å². The minimum absolute atomic E-state index is 0.101. The van der Waals surface area contributed by atoms with Crippen molar-refractivity contribution in [2.45, 2.75) is 6.92 Å². The second kappa shape index (κ2) is 5.35. The normalized spacial score (nSPS) is 10.3. The van der Waals surface area contributed by atoms with E-state index in [9.17, 15) is 9.59 Å². The molecule has 1 aromatic heterocycles. The topological polar surface area (TPSA) is 74.0 Å². The standard InChI is InChI=1S/C13H15N3O2/c1-9(17)14-6-7-15-13(18)11-8-16-12-5-3-2-4-10(11)12/h2-5,8,16H,6-7H2,1H3,(H,14,17)(H,15,18). The van der Waals surface area contributed by atoms with Crippen LogP contribution in [0, 0.1) is 0 Å². The van der Waals surface area contributed by atoms with Crippen LogP contribution in [0.5, 0.6) is 0 Å². The molecule has 1 heterocycles. The number of benzene rings is 1. The number of para-hydroxylation sites is 1.